The zero-order chi connectivity index (χ0) is 13.7. The molecule has 0 aliphatic heterocycles. The topological polar surface area (TPSA) is 52.6 Å². The van der Waals surface area contributed by atoms with Crippen molar-refractivity contribution in [3.8, 4) is 0 Å². The van der Waals surface area contributed by atoms with E-state index in [1.807, 2.05) is 0 Å². The second-order valence-electron chi connectivity index (χ2n) is 3.25. The Morgan fingerprint density at radius 1 is 0.944 bits per heavy atom. The van der Waals surface area contributed by atoms with Gasteiger partial charge in [-0.05, 0) is 26.0 Å². The largest absolute Gasteiger partial charge is 0.462 e. The minimum Gasteiger partial charge on any atom is -0.462 e. The van der Waals surface area contributed by atoms with Gasteiger partial charge in [0.2, 0.25) is 0 Å². The van der Waals surface area contributed by atoms with E-state index < -0.39 is 11.9 Å². The Kier molecular flexibility index (Phi) is 5.44. The van der Waals surface area contributed by atoms with Crippen LogP contribution in [0.25, 0.3) is 0 Å². The molecule has 4 nitrogen and oxygen atoms in total. The molecule has 0 bridgehead atoms. The van der Waals surface area contributed by atoms with Crippen molar-refractivity contribution in [2.75, 3.05) is 13.2 Å². The van der Waals surface area contributed by atoms with Gasteiger partial charge in [-0.2, -0.15) is 0 Å². The Labute approximate surface area is 115 Å². The second kappa shape index (κ2) is 6.61. The Hall–Kier alpha value is -1.26. The molecule has 0 amide bonds. The van der Waals surface area contributed by atoms with Crippen molar-refractivity contribution in [2.45, 2.75) is 13.8 Å². The fourth-order valence-electron chi connectivity index (χ4n) is 1.28. The predicted octanol–water partition coefficient (Wildman–Crippen LogP) is 3.35. The minimum absolute atomic E-state index is 0.0889. The molecule has 18 heavy (non-hydrogen) atoms. The summed E-state index contributed by atoms with van der Waals surface area (Å²) in [4.78, 5) is 23.2. The molecule has 1 aromatic rings. The number of benzene rings is 1. The lowest BCUT2D eigenvalue weighted by Gasteiger charge is -2.08. The molecule has 0 aliphatic carbocycles. The molecule has 1 rings (SSSR count). The third-order valence-electron chi connectivity index (χ3n) is 2.05. The molecule has 98 valence electrons. The number of ether oxygens (including phenoxy) is 2. The quantitative estimate of drug-likeness (QED) is 0.798. The zero-order valence-electron chi connectivity index (χ0n) is 9.96. The highest BCUT2D eigenvalue weighted by Gasteiger charge is 2.19. The minimum atomic E-state index is -0.607. The van der Waals surface area contributed by atoms with E-state index in [9.17, 15) is 9.59 Å². The molecule has 0 aromatic heterocycles. The monoisotopic (exact) mass is 290 g/mol. The van der Waals surface area contributed by atoms with Crippen LogP contribution < -0.4 is 0 Å². The molecular weight excluding hydrogens is 279 g/mol. The number of esters is 2. The van der Waals surface area contributed by atoms with Crippen LogP contribution in [0.5, 0.6) is 0 Å². The van der Waals surface area contributed by atoms with Crippen molar-refractivity contribution in [3.63, 3.8) is 0 Å². The molecule has 0 unspecified atom stereocenters. The first-order valence-electron chi connectivity index (χ1n) is 5.34. The Morgan fingerprint density at radius 3 is 1.67 bits per heavy atom. The molecular formula is C12H12Cl2O4. The van der Waals surface area contributed by atoms with Crippen LogP contribution in [0.1, 0.15) is 34.6 Å². The summed E-state index contributed by atoms with van der Waals surface area (Å²) in [5.74, 6) is -1.21. The number of halogens is 2. The lowest BCUT2D eigenvalue weighted by atomic mass is 10.1. The van der Waals surface area contributed by atoms with E-state index in [4.69, 9.17) is 32.7 Å². The summed E-state index contributed by atoms with van der Waals surface area (Å²) < 4.78 is 9.65. The summed E-state index contributed by atoms with van der Waals surface area (Å²) in [6, 6.07) is 2.60. The third kappa shape index (κ3) is 3.37. The molecule has 0 spiro atoms. The van der Waals surface area contributed by atoms with Crippen LogP contribution in [0.3, 0.4) is 0 Å². The molecule has 0 aliphatic rings. The number of carbonyl (C=O) groups is 2. The van der Waals surface area contributed by atoms with Gasteiger partial charge in [-0.1, -0.05) is 23.2 Å². The Bertz CT molecular complexity index is 432. The summed E-state index contributed by atoms with van der Waals surface area (Å²) in [5, 5.41) is 0.262. The maximum absolute atomic E-state index is 11.6. The lowest BCUT2D eigenvalue weighted by molar-refractivity contribution is 0.0525. The highest BCUT2D eigenvalue weighted by molar-refractivity contribution is 6.38. The molecule has 6 heteroatoms. The second-order valence-corrected chi connectivity index (χ2v) is 4.07. The van der Waals surface area contributed by atoms with E-state index >= 15 is 0 Å². The van der Waals surface area contributed by atoms with Crippen molar-refractivity contribution in [1.82, 2.24) is 0 Å². The normalized spacial score (nSPS) is 10.0. The van der Waals surface area contributed by atoms with E-state index in [0.717, 1.165) is 0 Å². The van der Waals surface area contributed by atoms with Crippen molar-refractivity contribution >= 4 is 35.1 Å². The van der Waals surface area contributed by atoms with Crippen LogP contribution in [0.4, 0.5) is 0 Å². The lowest BCUT2D eigenvalue weighted by Crippen LogP contribution is -2.10. The standard InChI is InChI=1S/C12H12Cl2O4/c1-3-17-11(15)7-5-8(12(16)18-4-2)10(14)6-9(7)13/h5-6H,3-4H2,1-2H3. The van der Waals surface area contributed by atoms with Crippen molar-refractivity contribution in [1.29, 1.82) is 0 Å². The molecule has 0 saturated heterocycles. The fourth-order valence-corrected chi connectivity index (χ4v) is 1.82. The fraction of sp³-hybridized carbons (Fsp3) is 0.333. The van der Waals surface area contributed by atoms with Gasteiger partial charge < -0.3 is 9.47 Å². The molecule has 0 heterocycles. The zero-order valence-corrected chi connectivity index (χ0v) is 11.5. The number of hydrogen-bond acceptors (Lipinski definition) is 4. The van der Waals surface area contributed by atoms with Crippen LogP contribution >= 0.6 is 23.2 Å². The van der Waals surface area contributed by atoms with E-state index in [0.29, 0.717) is 0 Å². The molecule has 0 atom stereocenters. The van der Waals surface area contributed by atoms with Gasteiger partial charge in [0.1, 0.15) is 0 Å². The first-order chi connectivity index (χ1) is 8.51. The average molecular weight is 291 g/mol. The summed E-state index contributed by atoms with van der Waals surface area (Å²) >= 11 is 11.8. The predicted molar refractivity (Wildman–Crippen MR) is 68.4 cm³/mol. The highest BCUT2D eigenvalue weighted by atomic mass is 35.5. The van der Waals surface area contributed by atoms with E-state index in [1.165, 1.54) is 12.1 Å². The number of carbonyl (C=O) groups excluding carboxylic acids is 2. The average Bonchev–Trinajstić information content (AvgIpc) is 2.29. The summed E-state index contributed by atoms with van der Waals surface area (Å²) in [6.45, 7) is 3.78. The van der Waals surface area contributed by atoms with Gasteiger partial charge in [0.25, 0.3) is 0 Å². The van der Waals surface area contributed by atoms with Gasteiger partial charge in [-0.25, -0.2) is 9.59 Å². The van der Waals surface area contributed by atoms with E-state index in [2.05, 4.69) is 0 Å². The van der Waals surface area contributed by atoms with Gasteiger partial charge in [0.05, 0.1) is 34.4 Å². The smallest absolute Gasteiger partial charge is 0.339 e. The first-order valence-corrected chi connectivity index (χ1v) is 6.10. The molecule has 0 N–H and O–H groups in total. The van der Waals surface area contributed by atoms with Gasteiger partial charge in [-0.15, -0.1) is 0 Å². The molecule has 0 fully saturated rings. The Morgan fingerprint density at radius 2 is 1.33 bits per heavy atom. The van der Waals surface area contributed by atoms with Crippen molar-refractivity contribution < 1.29 is 19.1 Å². The maximum atomic E-state index is 11.6. The van der Waals surface area contributed by atoms with Crippen LogP contribution in [0.2, 0.25) is 10.0 Å². The SMILES string of the molecule is CCOC(=O)c1cc(C(=O)OCC)c(Cl)cc1Cl. The van der Waals surface area contributed by atoms with E-state index in [1.54, 1.807) is 13.8 Å². The third-order valence-corrected chi connectivity index (χ3v) is 2.67. The van der Waals surface area contributed by atoms with Gasteiger partial charge in [0.15, 0.2) is 0 Å². The van der Waals surface area contributed by atoms with Gasteiger partial charge in [0, 0.05) is 0 Å². The van der Waals surface area contributed by atoms with Gasteiger partial charge in [-0.3, -0.25) is 0 Å². The number of rotatable bonds is 4. The molecule has 0 radical (unpaired) electrons. The Balaban J connectivity index is 3.17. The summed E-state index contributed by atoms with van der Waals surface area (Å²) in [5.41, 5.74) is 0.178. The summed E-state index contributed by atoms with van der Waals surface area (Å²) in [6.07, 6.45) is 0. The van der Waals surface area contributed by atoms with Crippen molar-refractivity contribution in [2.24, 2.45) is 0 Å². The van der Waals surface area contributed by atoms with Crippen molar-refractivity contribution in [3.05, 3.63) is 33.3 Å². The van der Waals surface area contributed by atoms with Crippen LogP contribution in [0, 0.1) is 0 Å². The van der Waals surface area contributed by atoms with Crippen LogP contribution in [0.15, 0.2) is 12.1 Å². The van der Waals surface area contributed by atoms with Crippen LogP contribution in [-0.2, 0) is 9.47 Å². The summed E-state index contributed by atoms with van der Waals surface area (Å²) in [7, 11) is 0. The molecule has 1 aromatic carbocycles. The van der Waals surface area contributed by atoms with Crippen LogP contribution in [-0.4, -0.2) is 25.2 Å². The number of hydrogen-bond donors (Lipinski definition) is 0. The molecule has 0 saturated carbocycles. The van der Waals surface area contributed by atoms with Gasteiger partial charge >= 0.3 is 11.9 Å². The van der Waals surface area contributed by atoms with E-state index in [-0.39, 0.29) is 34.4 Å². The highest BCUT2D eigenvalue weighted by Crippen LogP contribution is 2.26. The maximum Gasteiger partial charge on any atom is 0.339 e. The first kappa shape index (κ1) is 14.8.